The van der Waals surface area contributed by atoms with Gasteiger partial charge in [-0.1, -0.05) is 62.9 Å². The van der Waals surface area contributed by atoms with Gasteiger partial charge in [-0.25, -0.2) is 0 Å². The van der Waals surface area contributed by atoms with Gasteiger partial charge >= 0.3 is 0 Å². The SMILES string of the molecule is C=C=CC(O)CC1c2ccccc2CC1C1CCCCC1. The zero-order valence-corrected chi connectivity index (χ0v) is 12.8. The van der Waals surface area contributed by atoms with E-state index < -0.39 is 6.10 Å². The molecule has 21 heavy (non-hydrogen) atoms. The van der Waals surface area contributed by atoms with Gasteiger partial charge in [0, 0.05) is 0 Å². The van der Waals surface area contributed by atoms with Gasteiger partial charge in [-0.15, -0.1) is 5.73 Å². The molecule has 0 aromatic heterocycles. The van der Waals surface area contributed by atoms with Crippen molar-refractivity contribution in [1.29, 1.82) is 0 Å². The topological polar surface area (TPSA) is 20.2 Å². The average molecular weight is 282 g/mol. The van der Waals surface area contributed by atoms with Crippen molar-refractivity contribution in [3.63, 3.8) is 0 Å². The Hall–Kier alpha value is -1.30. The summed E-state index contributed by atoms with van der Waals surface area (Å²) in [6, 6.07) is 8.85. The van der Waals surface area contributed by atoms with Crippen LogP contribution >= 0.6 is 0 Å². The maximum atomic E-state index is 10.2. The standard InChI is InChI=1S/C20H26O/c1-2-8-17(21)14-20-18-12-7-6-11-16(18)13-19(20)15-9-4-3-5-10-15/h6-8,11-12,15,17,19-21H,1,3-5,9-10,13-14H2. The van der Waals surface area contributed by atoms with Gasteiger partial charge in [0.15, 0.2) is 0 Å². The molecule has 2 aliphatic rings. The van der Waals surface area contributed by atoms with Crippen LogP contribution < -0.4 is 0 Å². The number of fused-ring (bicyclic) bond motifs is 1. The fourth-order valence-corrected chi connectivity index (χ4v) is 4.53. The van der Waals surface area contributed by atoms with Crippen molar-refractivity contribution in [1.82, 2.24) is 0 Å². The van der Waals surface area contributed by atoms with Gasteiger partial charge in [-0.2, -0.15) is 0 Å². The van der Waals surface area contributed by atoms with Crippen LogP contribution in [0.4, 0.5) is 0 Å². The lowest BCUT2D eigenvalue weighted by atomic mass is 9.73. The second-order valence-corrected chi connectivity index (χ2v) is 6.75. The molecule has 1 nitrogen and oxygen atoms in total. The molecule has 1 aromatic carbocycles. The van der Waals surface area contributed by atoms with Gasteiger partial charge in [-0.3, -0.25) is 0 Å². The fourth-order valence-electron chi connectivity index (χ4n) is 4.53. The first-order chi connectivity index (χ1) is 10.3. The molecule has 1 saturated carbocycles. The normalized spacial score (nSPS) is 26.9. The number of benzene rings is 1. The van der Waals surface area contributed by atoms with Crippen molar-refractivity contribution in [2.75, 3.05) is 0 Å². The lowest BCUT2D eigenvalue weighted by Gasteiger charge is -2.32. The summed E-state index contributed by atoms with van der Waals surface area (Å²) in [4.78, 5) is 0. The van der Waals surface area contributed by atoms with Gasteiger partial charge in [0.25, 0.3) is 0 Å². The molecule has 1 N–H and O–H groups in total. The van der Waals surface area contributed by atoms with Gasteiger partial charge in [0.05, 0.1) is 6.10 Å². The van der Waals surface area contributed by atoms with Crippen LogP contribution in [0, 0.1) is 11.8 Å². The second kappa shape index (κ2) is 6.64. The van der Waals surface area contributed by atoms with E-state index in [-0.39, 0.29) is 0 Å². The van der Waals surface area contributed by atoms with Crippen LogP contribution in [0.15, 0.2) is 42.7 Å². The first-order valence-corrected chi connectivity index (χ1v) is 8.41. The van der Waals surface area contributed by atoms with E-state index in [4.69, 9.17) is 0 Å². The highest BCUT2D eigenvalue weighted by molar-refractivity contribution is 5.36. The minimum atomic E-state index is -0.412. The van der Waals surface area contributed by atoms with Crippen molar-refractivity contribution in [2.24, 2.45) is 11.8 Å². The third-order valence-corrected chi connectivity index (χ3v) is 5.49. The van der Waals surface area contributed by atoms with Crippen molar-refractivity contribution < 1.29 is 5.11 Å². The molecule has 1 heteroatoms. The molecule has 1 aromatic rings. The number of hydrogen-bond acceptors (Lipinski definition) is 1. The Labute approximate surface area is 128 Å². The predicted molar refractivity (Wildman–Crippen MR) is 87.3 cm³/mol. The van der Waals surface area contributed by atoms with Crippen molar-refractivity contribution in [2.45, 2.75) is 57.0 Å². The van der Waals surface area contributed by atoms with Crippen LogP contribution in [0.25, 0.3) is 0 Å². The Morgan fingerprint density at radius 2 is 2.00 bits per heavy atom. The number of rotatable bonds is 4. The first kappa shape index (κ1) is 14.6. The van der Waals surface area contributed by atoms with Crippen LogP contribution in [0.1, 0.15) is 55.6 Å². The molecule has 3 rings (SSSR count). The summed E-state index contributed by atoms with van der Waals surface area (Å²) in [6.45, 7) is 3.59. The Balaban J connectivity index is 1.83. The van der Waals surface area contributed by atoms with Crippen molar-refractivity contribution >= 4 is 0 Å². The van der Waals surface area contributed by atoms with E-state index in [9.17, 15) is 5.11 Å². The van der Waals surface area contributed by atoms with Crippen molar-refractivity contribution in [3.05, 3.63) is 53.8 Å². The Bertz CT molecular complexity index is 520. The maximum Gasteiger partial charge on any atom is 0.0800 e. The van der Waals surface area contributed by atoms with E-state index in [2.05, 4.69) is 36.6 Å². The summed E-state index contributed by atoms with van der Waals surface area (Å²) in [5.74, 6) is 2.07. The molecule has 112 valence electrons. The fraction of sp³-hybridized carbons (Fsp3) is 0.550. The van der Waals surface area contributed by atoms with E-state index in [1.807, 2.05) is 0 Å². The zero-order valence-electron chi connectivity index (χ0n) is 12.8. The molecule has 0 amide bonds. The molecule has 3 unspecified atom stereocenters. The largest absolute Gasteiger partial charge is 0.388 e. The average Bonchev–Trinajstić information content (AvgIpc) is 2.87. The van der Waals surface area contributed by atoms with Crippen LogP contribution in [0.2, 0.25) is 0 Å². The third kappa shape index (κ3) is 3.15. The van der Waals surface area contributed by atoms with Crippen LogP contribution in [-0.2, 0) is 6.42 Å². The Morgan fingerprint density at radius 3 is 2.76 bits per heavy atom. The van der Waals surface area contributed by atoms with E-state index in [1.165, 1.54) is 49.7 Å². The van der Waals surface area contributed by atoms with E-state index in [0.29, 0.717) is 5.92 Å². The van der Waals surface area contributed by atoms with Crippen molar-refractivity contribution in [3.8, 4) is 0 Å². The third-order valence-electron chi connectivity index (χ3n) is 5.49. The quantitative estimate of drug-likeness (QED) is 0.799. The van der Waals surface area contributed by atoms with Gasteiger partial charge in [0.1, 0.15) is 0 Å². The number of hydrogen-bond donors (Lipinski definition) is 1. The molecule has 1 fully saturated rings. The predicted octanol–water partition coefficient (Wildman–Crippen LogP) is 4.61. The molecule has 0 bridgehead atoms. The monoisotopic (exact) mass is 282 g/mol. The molecule has 2 aliphatic carbocycles. The zero-order chi connectivity index (χ0) is 14.7. The highest BCUT2D eigenvalue weighted by atomic mass is 16.3. The molecular weight excluding hydrogens is 256 g/mol. The first-order valence-electron chi connectivity index (χ1n) is 8.41. The lowest BCUT2D eigenvalue weighted by molar-refractivity contribution is 0.161. The molecule has 0 saturated heterocycles. The minimum Gasteiger partial charge on any atom is -0.388 e. The van der Waals surface area contributed by atoms with E-state index >= 15 is 0 Å². The van der Waals surface area contributed by atoms with Gasteiger partial charge in [-0.05, 0) is 47.8 Å². The number of aliphatic hydroxyl groups excluding tert-OH is 1. The van der Waals surface area contributed by atoms with Gasteiger partial charge in [0.2, 0.25) is 0 Å². The maximum absolute atomic E-state index is 10.2. The molecule has 0 heterocycles. The summed E-state index contributed by atoms with van der Waals surface area (Å²) < 4.78 is 0. The smallest absolute Gasteiger partial charge is 0.0800 e. The molecule has 0 aliphatic heterocycles. The second-order valence-electron chi connectivity index (χ2n) is 6.75. The highest BCUT2D eigenvalue weighted by Gasteiger charge is 2.38. The van der Waals surface area contributed by atoms with E-state index in [0.717, 1.165) is 18.3 Å². The summed E-state index contributed by atoms with van der Waals surface area (Å²) in [5.41, 5.74) is 5.72. The highest BCUT2D eigenvalue weighted by Crippen LogP contribution is 2.48. The Morgan fingerprint density at radius 1 is 1.24 bits per heavy atom. The van der Waals surface area contributed by atoms with Crippen LogP contribution in [0.3, 0.4) is 0 Å². The summed E-state index contributed by atoms with van der Waals surface area (Å²) in [7, 11) is 0. The minimum absolute atomic E-state index is 0.412. The summed E-state index contributed by atoms with van der Waals surface area (Å²) in [5, 5.41) is 10.2. The molecular formula is C20H26O. The molecule has 3 atom stereocenters. The Kier molecular flexibility index (Phi) is 4.63. The van der Waals surface area contributed by atoms with Crippen LogP contribution in [0.5, 0.6) is 0 Å². The van der Waals surface area contributed by atoms with Gasteiger partial charge < -0.3 is 5.11 Å². The number of aliphatic hydroxyl groups is 1. The van der Waals surface area contributed by atoms with E-state index in [1.54, 1.807) is 6.08 Å². The summed E-state index contributed by atoms with van der Waals surface area (Å²) in [6.07, 6.45) is 10.3. The van der Waals surface area contributed by atoms with Crippen LogP contribution in [-0.4, -0.2) is 11.2 Å². The molecule has 0 spiro atoms. The summed E-state index contributed by atoms with van der Waals surface area (Å²) >= 11 is 0. The lowest BCUT2D eigenvalue weighted by Crippen LogP contribution is -2.24. The molecule has 0 radical (unpaired) electrons.